The molecule has 1 saturated heterocycles. The first-order chi connectivity index (χ1) is 8.50. The Morgan fingerprint density at radius 3 is 2.67 bits per heavy atom. The van der Waals surface area contributed by atoms with Crippen LogP contribution in [-0.4, -0.2) is 25.2 Å². The molecule has 1 aliphatic heterocycles. The third-order valence-electron chi connectivity index (χ3n) is 3.26. The summed E-state index contributed by atoms with van der Waals surface area (Å²) in [5.41, 5.74) is 0.267. The molecule has 0 saturated carbocycles. The second kappa shape index (κ2) is 5.18. The van der Waals surface area contributed by atoms with E-state index in [9.17, 15) is 17.6 Å². The lowest BCUT2D eigenvalue weighted by molar-refractivity contribution is -0.118. The normalized spacial score (nSPS) is 22.6. The molecule has 1 fully saturated rings. The lowest BCUT2D eigenvalue weighted by atomic mass is 10.0. The predicted molar refractivity (Wildman–Crippen MR) is 66.5 cm³/mol. The minimum atomic E-state index is -3.33. The third kappa shape index (κ3) is 2.77. The first-order valence-electron chi connectivity index (χ1n) is 5.98. The molecule has 1 aliphatic rings. The van der Waals surface area contributed by atoms with Gasteiger partial charge in [-0.2, -0.15) is 0 Å². The van der Waals surface area contributed by atoms with Crippen molar-refractivity contribution in [2.75, 3.05) is 5.75 Å². The van der Waals surface area contributed by atoms with Crippen molar-refractivity contribution in [2.24, 2.45) is 0 Å². The Morgan fingerprint density at radius 2 is 2.00 bits per heavy atom. The lowest BCUT2D eigenvalue weighted by Crippen LogP contribution is -2.36. The molecule has 0 N–H and O–H groups in total. The summed E-state index contributed by atoms with van der Waals surface area (Å²) >= 11 is 0. The SMILES string of the molecule is O=C(Cc1ccccc1F)C1CCCCS1(=O)=O. The molecule has 1 unspecified atom stereocenters. The summed E-state index contributed by atoms with van der Waals surface area (Å²) in [7, 11) is -3.33. The maximum Gasteiger partial charge on any atom is 0.160 e. The van der Waals surface area contributed by atoms with E-state index < -0.39 is 20.9 Å². The van der Waals surface area contributed by atoms with Crippen molar-refractivity contribution >= 4 is 15.6 Å². The Bertz CT molecular complexity index is 551. The van der Waals surface area contributed by atoms with Crippen molar-refractivity contribution in [1.82, 2.24) is 0 Å². The summed E-state index contributed by atoms with van der Waals surface area (Å²) in [6.07, 6.45) is 1.59. The van der Waals surface area contributed by atoms with Crippen LogP contribution in [0, 0.1) is 5.82 Å². The first kappa shape index (κ1) is 13.2. The van der Waals surface area contributed by atoms with Crippen LogP contribution in [0.3, 0.4) is 0 Å². The summed E-state index contributed by atoms with van der Waals surface area (Å²) in [6.45, 7) is 0. The average molecular weight is 270 g/mol. The van der Waals surface area contributed by atoms with Crippen LogP contribution in [-0.2, 0) is 21.1 Å². The summed E-state index contributed by atoms with van der Waals surface area (Å²) in [5.74, 6) is -0.778. The van der Waals surface area contributed by atoms with Gasteiger partial charge in [0.05, 0.1) is 5.75 Å². The highest BCUT2D eigenvalue weighted by molar-refractivity contribution is 7.92. The zero-order chi connectivity index (χ0) is 13.2. The molecule has 0 amide bonds. The van der Waals surface area contributed by atoms with Gasteiger partial charge in [-0.3, -0.25) is 4.79 Å². The van der Waals surface area contributed by atoms with Crippen LogP contribution in [0.5, 0.6) is 0 Å². The summed E-state index contributed by atoms with van der Waals surface area (Å²) in [4.78, 5) is 12.0. The standard InChI is InChI=1S/C13H15FO3S/c14-11-6-2-1-5-10(11)9-12(15)13-7-3-4-8-18(13,16)17/h1-2,5-6,13H,3-4,7-9H2. The number of carbonyl (C=O) groups excluding carboxylic acids is 1. The van der Waals surface area contributed by atoms with Crippen LogP contribution in [0.25, 0.3) is 0 Å². The van der Waals surface area contributed by atoms with E-state index in [1.165, 1.54) is 12.1 Å². The fraction of sp³-hybridized carbons (Fsp3) is 0.462. The molecule has 0 spiro atoms. The van der Waals surface area contributed by atoms with E-state index >= 15 is 0 Å². The van der Waals surface area contributed by atoms with E-state index in [-0.39, 0.29) is 23.5 Å². The Hall–Kier alpha value is -1.23. The number of hydrogen-bond acceptors (Lipinski definition) is 3. The Morgan fingerprint density at radius 1 is 1.28 bits per heavy atom. The molecule has 1 aromatic carbocycles. The van der Waals surface area contributed by atoms with Crippen molar-refractivity contribution in [1.29, 1.82) is 0 Å². The van der Waals surface area contributed by atoms with Gasteiger partial charge in [-0.1, -0.05) is 24.6 Å². The second-order valence-corrected chi connectivity index (χ2v) is 6.89. The summed E-state index contributed by atoms with van der Waals surface area (Å²) in [6, 6.07) is 5.97. The smallest absolute Gasteiger partial charge is 0.160 e. The van der Waals surface area contributed by atoms with Gasteiger partial charge >= 0.3 is 0 Å². The average Bonchev–Trinajstić information content (AvgIpc) is 2.31. The predicted octanol–water partition coefficient (Wildman–Crippen LogP) is 1.90. The van der Waals surface area contributed by atoms with Crippen molar-refractivity contribution in [3.05, 3.63) is 35.6 Å². The molecule has 2 rings (SSSR count). The van der Waals surface area contributed by atoms with Gasteiger partial charge in [0.1, 0.15) is 11.1 Å². The molecule has 1 heterocycles. The molecule has 0 aromatic heterocycles. The number of Topliss-reactive ketones (excluding diaryl/α,β-unsaturated/α-hetero) is 1. The van der Waals surface area contributed by atoms with E-state index in [2.05, 4.69) is 0 Å². The third-order valence-corrected chi connectivity index (χ3v) is 5.48. The minimum Gasteiger partial charge on any atom is -0.298 e. The molecule has 0 aliphatic carbocycles. The van der Waals surface area contributed by atoms with Crippen LogP contribution in [0.4, 0.5) is 4.39 Å². The number of hydrogen-bond donors (Lipinski definition) is 0. The van der Waals surface area contributed by atoms with Gasteiger partial charge in [-0.25, -0.2) is 12.8 Å². The fourth-order valence-corrected chi connectivity index (χ4v) is 4.16. The summed E-state index contributed by atoms with van der Waals surface area (Å²) < 4.78 is 37.0. The number of sulfone groups is 1. The maximum atomic E-state index is 13.4. The van der Waals surface area contributed by atoms with Gasteiger partial charge in [0, 0.05) is 6.42 Å². The number of halogens is 1. The minimum absolute atomic E-state index is 0.0701. The lowest BCUT2D eigenvalue weighted by Gasteiger charge is -2.21. The zero-order valence-electron chi connectivity index (χ0n) is 9.93. The number of carbonyl (C=O) groups is 1. The zero-order valence-corrected chi connectivity index (χ0v) is 10.7. The molecule has 5 heteroatoms. The fourth-order valence-electron chi connectivity index (χ4n) is 2.26. The number of ketones is 1. The van der Waals surface area contributed by atoms with Crippen LogP contribution < -0.4 is 0 Å². The summed E-state index contributed by atoms with van der Waals surface area (Å²) in [5, 5.41) is -0.939. The van der Waals surface area contributed by atoms with Gasteiger partial charge < -0.3 is 0 Å². The molecule has 1 aromatic rings. The first-order valence-corrected chi connectivity index (χ1v) is 7.70. The Labute approximate surface area is 106 Å². The Balaban J connectivity index is 2.15. The van der Waals surface area contributed by atoms with Gasteiger partial charge in [0.2, 0.25) is 0 Å². The van der Waals surface area contributed by atoms with Crippen LogP contribution in [0.2, 0.25) is 0 Å². The quantitative estimate of drug-likeness (QED) is 0.843. The van der Waals surface area contributed by atoms with E-state index in [0.717, 1.165) is 6.42 Å². The molecule has 3 nitrogen and oxygen atoms in total. The van der Waals surface area contributed by atoms with Gasteiger partial charge in [0.25, 0.3) is 0 Å². The highest BCUT2D eigenvalue weighted by Crippen LogP contribution is 2.22. The second-order valence-electron chi connectivity index (χ2n) is 4.59. The molecule has 0 bridgehead atoms. The highest BCUT2D eigenvalue weighted by atomic mass is 32.2. The van der Waals surface area contributed by atoms with Crippen LogP contribution >= 0.6 is 0 Å². The van der Waals surface area contributed by atoms with E-state index in [4.69, 9.17) is 0 Å². The van der Waals surface area contributed by atoms with Gasteiger partial charge in [-0.15, -0.1) is 0 Å². The molecule has 98 valence electrons. The largest absolute Gasteiger partial charge is 0.298 e. The highest BCUT2D eigenvalue weighted by Gasteiger charge is 2.34. The maximum absolute atomic E-state index is 13.4. The van der Waals surface area contributed by atoms with Gasteiger partial charge in [0.15, 0.2) is 15.6 Å². The molecule has 18 heavy (non-hydrogen) atoms. The monoisotopic (exact) mass is 270 g/mol. The van der Waals surface area contributed by atoms with Crippen molar-refractivity contribution in [3.63, 3.8) is 0 Å². The topological polar surface area (TPSA) is 51.2 Å². The van der Waals surface area contributed by atoms with Crippen molar-refractivity contribution < 1.29 is 17.6 Å². The van der Waals surface area contributed by atoms with Crippen LogP contribution in [0.1, 0.15) is 24.8 Å². The van der Waals surface area contributed by atoms with Crippen molar-refractivity contribution in [2.45, 2.75) is 30.9 Å². The Kier molecular flexibility index (Phi) is 3.80. The molecular weight excluding hydrogens is 255 g/mol. The van der Waals surface area contributed by atoms with E-state index in [0.29, 0.717) is 12.8 Å². The number of rotatable bonds is 3. The van der Waals surface area contributed by atoms with Crippen LogP contribution in [0.15, 0.2) is 24.3 Å². The molecular formula is C13H15FO3S. The van der Waals surface area contributed by atoms with Crippen molar-refractivity contribution in [3.8, 4) is 0 Å². The molecule has 1 atom stereocenters. The van der Waals surface area contributed by atoms with E-state index in [1.54, 1.807) is 12.1 Å². The molecule has 0 radical (unpaired) electrons. The van der Waals surface area contributed by atoms with E-state index in [1.807, 2.05) is 0 Å². The number of benzene rings is 1. The van der Waals surface area contributed by atoms with Gasteiger partial charge in [-0.05, 0) is 24.5 Å².